The van der Waals surface area contributed by atoms with E-state index < -0.39 is 17.6 Å². The number of nitriles is 1. The van der Waals surface area contributed by atoms with Crippen molar-refractivity contribution in [1.29, 1.82) is 5.26 Å². The standard InChI is InChI=1S/C13H12F4N2/c1-2-3-9(7-18)12(19)8-4-5-11(14)10(6-8)13(15,16)17/h4-6H,2-3,19H2,1H3/b12-9-. The maximum absolute atomic E-state index is 13.1. The van der Waals surface area contributed by atoms with Crippen molar-refractivity contribution in [1.82, 2.24) is 0 Å². The fourth-order valence-electron chi connectivity index (χ4n) is 1.59. The quantitative estimate of drug-likeness (QED) is 0.671. The Hall–Kier alpha value is -2.03. The minimum Gasteiger partial charge on any atom is -0.397 e. The SMILES string of the molecule is CCC/C(C#N)=C(/N)c1ccc(F)c(C(F)(F)F)c1. The zero-order chi connectivity index (χ0) is 14.6. The lowest BCUT2D eigenvalue weighted by molar-refractivity contribution is -0.140. The number of nitrogens with zero attached hydrogens (tertiary/aromatic N) is 1. The second-order valence-corrected chi connectivity index (χ2v) is 3.95. The van der Waals surface area contributed by atoms with Gasteiger partial charge in [0.15, 0.2) is 0 Å². The van der Waals surface area contributed by atoms with Gasteiger partial charge in [-0.25, -0.2) is 4.39 Å². The summed E-state index contributed by atoms with van der Waals surface area (Å²) in [6.45, 7) is 1.82. The van der Waals surface area contributed by atoms with E-state index >= 15 is 0 Å². The number of nitrogens with two attached hydrogens (primary N) is 1. The van der Waals surface area contributed by atoms with Gasteiger partial charge in [0.2, 0.25) is 0 Å². The molecule has 19 heavy (non-hydrogen) atoms. The second kappa shape index (κ2) is 5.74. The van der Waals surface area contributed by atoms with Crippen molar-refractivity contribution in [2.75, 3.05) is 0 Å². The number of hydrogen-bond acceptors (Lipinski definition) is 2. The molecule has 0 spiro atoms. The monoisotopic (exact) mass is 272 g/mol. The van der Waals surface area contributed by atoms with Crippen molar-refractivity contribution in [3.05, 3.63) is 40.7 Å². The number of hydrogen-bond donors (Lipinski definition) is 1. The maximum Gasteiger partial charge on any atom is 0.419 e. The Labute approximate surface area is 108 Å². The first-order valence-corrected chi connectivity index (χ1v) is 5.57. The van der Waals surface area contributed by atoms with E-state index in [4.69, 9.17) is 11.0 Å². The Kier molecular flexibility index (Phi) is 4.54. The van der Waals surface area contributed by atoms with Crippen LogP contribution in [0.2, 0.25) is 0 Å². The van der Waals surface area contributed by atoms with E-state index in [9.17, 15) is 17.6 Å². The molecule has 1 rings (SSSR count). The Morgan fingerprint density at radius 1 is 1.37 bits per heavy atom. The lowest BCUT2D eigenvalue weighted by atomic mass is 10.0. The molecule has 0 atom stereocenters. The van der Waals surface area contributed by atoms with Gasteiger partial charge < -0.3 is 5.73 Å². The lowest BCUT2D eigenvalue weighted by Gasteiger charge is -2.11. The molecule has 0 heterocycles. The summed E-state index contributed by atoms with van der Waals surface area (Å²) in [4.78, 5) is 0. The summed E-state index contributed by atoms with van der Waals surface area (Å²) in [6.07, 6.45) is -3.80. The molecule has 0 aliphatic rings. The van der Waals surface area contributed by atoms with Crippen LogP contribution in [-0.4, -0.2) is 0 Å². The summed E-state index contributed by atoms with van der Waals surface area (Å²) in [7, 11) is 0. The van der Waals surface area contributed by atoms with Gasteiger partial charge in [-0.3, -0.25) is 0 Å². The van der Waals surface area contributed by atoms with Gasteiger partial charge in [-0.2, -0.15) is 18.4 Å². The van der Waals surface area contributed by atoms with Crippen LogP contribution in [0.5, 0.6) is 0 Å². The third-order valence-corrected chi connectivity index (χ3v) is 2.54. The first kappa shape index (κ1) is 15.0. The van der Waals surface area contributed by atoms with Gasteiger partial charge in [0.05, 0.1) is 22.9 Å². The Balaban J connectivity index is 3.34. The van der Waals surface area contributed by atoms with Crippen molar-refractivity contribution in [3.63, 3.8) is 0 Å². The lowest BCUT2D eigenvalue weighted by Crippen LogP contribution is -2.10. The third kappa shape index (κ3) is 3.47. The van der Waals surface area contributed by atoms with E-state index in [1.807, 2.05) is 13.0 Å². The van der Waals surface area contributed by atoms with E-state index in [1.165, 1.54) is 0 Å². The summed E-state index contributed by atoms with van der Waals surface area (Å²) in [5.41, 5.74) is 4.43. The number of allylic oxidation sites excluding steroid dienone is 1. The zero-order valence-electron chi connectivity index (χ0n) is 10.2. The number of alkyl halides is 3. The van der Waals surface area contributed by atoms with Crippen molar-refractivity contribution in [2.45, 2.75) is 25.9 Å². The largest absolute Gasteiger partial charge is 0.419 e. The van der Waals surface area contributed by atoms with Gasteiger partial charge in [0.1, 0.15) is 5.82 Å². The molecule has 0 amide bonds. The maximum atomic E-state index is 13.1. The molecule has 0 bridgehead atoms. The molecule has 0 saturated carbocycles. The molecule has 0 radical (unpaired) electrons. The second-order valence-electron chi connectivity index (χ2n) is 3.95. The normalized spacial score (nSPS) is 12.8. The Morgan fingerprint density at radius 2 is 2.00 bits per heavy atom. The predicted octanol–water partition coefficient (Wildman–Crippen LogP) is 3.84. The first-order chi connectivity index (χ1) is 8.81. The van der Waals surface area contributed by atoms with Crippen molar-refractivity contribution >= 4 is 5.70 Å². The van der Waals surface area contributed by atoms with E-state index in [2.05, 4.69) is 0 Å². The number of rotatable bonds is 3. The third-order valence-electron chi connectivity index (χ3n) is 2.54. The average molecular weight is 272 g/mol. The number of benzene rings is 1. The van der Waals surface area contributed by atoms with Gasteiger partial charge in [-0.05, 0) is 30.2 Å². The molecule has 0 fully saturated rings. The molecule has 6 heteroatoms. The van der Waals surface area contributed by atoms with Crippen molar-refractivity contribution in [3.8, 4) is 6.07 Å². The van der Waals surface area contributed by atoms with Crippen LogP contribution in [0.25, 0.3) is 5.70 Å². The minimum absolute atomic E-state index is 0.00118. The van der Waals surface area contributed by atoms with Gasteiger partial charge in [0, 0.05) is 0 Å². The van der Waals surface area contributed by atoms with E-state index in [0.717, 1.165) is 6.07 Å². The van der Waals surface area contributed by atoms with Gasteiger partial charge in [-0.15, -0.1) is 0 Å². The predicted molar refractivity (Wildman–Crippen MR) is 63.0 cm³/mol. The molecular weight excluding hydrogens is 260 g/mol. The zero-order valence-corrected chi connectivity index (χ0v) is 10.2. The molecule has 2 N–H and O–H groups in total. The van der Waals surface area contributed by atoms with Crippen LogP contribution in [0.3, 0.4) is 0 Å². The smallest absolute Gasteiger partial charge is 0.397 e. The molecule has 0 unspecified atom stereocenters. The molecular formula is C13H12F4N2. The van der Waals surface area contributed by atoms with E-state index in [0.29, 0.717) is 25.0 Å². The van der Waals surface area contributed by atoms with E-state index in [1.54, 1.807) is 0 Å². The average Bonchev–Trinajstić information content (AvgIpc) is 2.34. The molecule has 2 nitrogen and oxygen atoms in total. The van der Waals surface area contributed by atoms with Crippen LogP contribution >= 0.6 is 0 Å². The van der Waals surface area contributed by atoms with Gasteiger partial charge in [-0.1, -0.05) is 13.3 Å². The highest BCUT2D eigenvalue weighted by Gasteiger charge is 2.34. The highest BCUT2D eigenvalue weighted by Crippen LogP contribution is 2.33. The topological polar surface area (TPSA) is 49.8 Å². The molecule has 0 aliphatic carbocycles. The van der Waals surface area contributed by atoms with Crippen LogP contribution in [0, 0.1) is 17.1 Å². The summed E-state index contributed by atoms with van der Waals surface area (Å²) in [5.74, 6) is -1.36. The first-order valence-electron chi connectivity index (χ1n) is 5.57. The highest BCUT2D eigenvalue weighted by molar-refractivity contribution is 5.69. The van der Waals surface area contributed by atoms with Crippen LogP contribution in [-0.2, 0) is 6.18 Å². The fourth-order valence-corrected chi connectivity index (χ4v) is 1.59. The fraction of sp³-hybridized carbons (Fsp3) is 0.308. The van der Waals surface area contributed by atoms with Crippen molar-refractivity contribution < 1.29 is 17.6 Å². The van der Waals surface area contributed by atoms with Crippen LogP contribution < -0.4 is 5.73 Å². The number of halogens is 4. The van der Waals surface area contributed by atoms with Crippen LogP contribution in [0.1, 0.15) is 30.9 Å². The van der Waals surface area contributed by atoms with Gasteiger partial charge in [0.25, 0.3) is 0 Å². The molecule has 1 aromatic carbocycles. The highest BCUT2D eigenvalue weighted by atomic mass is 19.4. The summed E-state index contributed by atoms with van der Waals surface area (Å²) < 4.78 is 50.8. The Bertz CT molecular complexity index is 539. The van der Waals surface area contributed by atoms with Gasteiger partial charge >= 0.3 is 6.18 Å². The molecule has 0 aromatic heterocycles. The van der Waals surface area contributed by atoms with Crippen LogP contribution in [0.15, 0.2) is 23.8 Å². The summed E-state index contributed by atoms with van der Waals surface area (Å²) >= 11 is 0. The minimum atomic E-state index is -4.79. The molecule has 1 aromatic rings. The van der Waals surface area contributed by atoms with Crippen LogP contribution in [0.4, 0.5) is 17.6 Å². The molecule has 0 saturated heterocycles. The van der Waals surface area contributed by atoms with E-state index in [-0.39, 0.29) is 16.8 Å². The van der Waals surface area contributed by atoms with Crippen molar-refractivity contribution in [2.24, 2.45) is 5.73 Å². The summed E-state index contributed by atoms with van der Waals surface area (Å²) in [6, 6.07) is 4.31. The molecule has 0 aliphatic heterocycles. The molecule has 102 valence electrons. The Morgan fingerprint density at radius 3 is 2.47 bits per heavy atom. The summed E-state index contributed by atoms with van der Waals surface area (Å²) in [5, 5.41) is 8.89.